The van der Waals surface area contributed by atoms with Crippen LogP contribution < -0.4 is 0 Å². The fourth-order valence-electron chi connectivity index (χ4n) is 2.31. The van der Waals surface area contributed by atoms with Crippen molar-refractivity contribution in [2.45, 2.75) is 20.0 Å². The topological polar surface area (TPSA) is 70.4 Å². The molecule has 6 nitrogen and oxygen atoms in total. The van der Waals surface area contributed by atoms with Gasteiger partial charge in [-0.1, -0.05) is 37.6 Å². The molecule has 2 heterocycles. The summed E-state index contributed by atoms with van der Waals surface area (Å²) in [6.45, 7) is 3.84. The van der Waals surface area contributed by atoms with E-state index in [4.69, 9.17) is 21.1 Å². The molecule has 3 rings (SSSR count). The number of hydrogen-bond donors (Lipinski definition) is 0. The first-order valence-electron chi connectivity index (χ1n) is 7.06. The van der Waals surface area contributed by atoms with Crippen molar-refractivity contribution in [1.29, 1.82) is 0 Å². The smallest absolute Gasteiger partial charge is 0.348 e. The number of cyclic esters (lactones) is 1. The molecule has 1 aromatic carbocycles. The molecular formula is C16H15ClN2O4. The van der Waals surface area contributed by atoms with Crippen LogP contribution in [0.3, 0.4) is 0 Å². The fourth-order valence-corrected chi connectivity index (χ4v) is 2.53. The van der Waals surface area contributed by atoms with Gasteiger partial charge in [0, 0.05) is 11.6 Å². The van der Waals surface area contributed by atoms with Gasteiger partial charge in [-0.05, 0) is 12.1 Å². The third-order valence-corrected chi connectivity index (χ3v) is 3.97. The Balaban J connectivity index is 1.80. The fraction of sp³-hybridized carbons (Fsp3) is 0.312. The van der Waals surface area contributed by atoms with Crippen molar-refractivity contribution in [2.75, 3.05) is 6.61 Å². The third kappa shape index (κ3) is 2.94. The lowest BCUT2D eigenvalue weighted by Crippen LogP contribution is -2.34. The summed E-state index contributed by atoms with van der Waals surface area (Å²) in [6, 6.07) is 7.13. The molecule has 0 unspecified atom stereocenters. The van der Waals surface area contributed by atoms with E-state index < -0.39 is 23.5 Å². The van der Waals surface area contributed by atoms with E-state index in [2.05, 4.69) is 5.10 Å². The van der Waals surface area contributed by atoms with Crippen LogP contribution in [0.5, 0.6) is 0 Å². The van der Waals surface area contributed by atoms with Crippen molar-refractivity contribution < 1.29 is 19.1 Å². The molecule has 2 aromatic rings. The number of carbonyl (C=O) groups excluding carboxylic acids is 2. The quantitative estimate of drug-likeness (QED) is 0.807. The summed E-state index contributed by atoms with van der Waals surface area (Å²) < 4.78 is 11.7. The van der Waals surface area contributed by atoms with E-state index in [0.29, 0.717) is 10.7 Å². The molecule has 7 heteroatoms. The van der Waals surface area contributed by atoms with Crippen molar-refractivity contribution in [1.82, 2.24) is 9.78 Å². The zero-order chi connectivity index (χ0) is 16.6. The Hall–Kier alpha value is -2.34. The highest BCUT2D eigenvalue weighted by atomic mass is 35.5. The lowest BCUT2D eigenvalue weighted by Gasteiger charge is -2.21. The standard InChI is InChI=1S/C16H15ClN2O4/c1-16(2)9-22-15(21)13(16)23-14(20)10-7-18-19(8-10)12-6-4-3-5-11(12)17/h3-8,13H,9H2,1-2H3/t13-/m0/s1. The van der Waals surface area contributed by atoms with Gasteiger partial charge in [-0.25, -0.2) is 14.3 Å². The number of para-hydroxylation sites is 1. The van der Waals surface area contributed by atoms with E-state index in [1.165, 1.54) is 17.1 Å². The van der Waals surface area contributed by atoms with Gasteiger partial charge in [0.1, 0.15) is 6.61 Å². The molecule has 1 fully saturated rings. The molecule has 0 N–H and O–H groups in total. The van der Waals surface area contributed by atoms with Crippen LogP contribution >= 0.6 is 11.6 Å². The van der Waals surface area contributed by atoms with Gasteiger partial charge in [-0.2, -0.15) is 5.10 Å². The average Bonchev–Trinajstić information content (AvgIpc) is 3.08. The summed E-state index contributed by atoms with van der Waals surface area (Å²) in [4.78, 5) is 23.9. The van der Waals surface area contributed by atoms with E-state index in [9.17, 15) is 9.59 Å². The Morgan fingerprint density at radius 3 is 2.83 bits per heavy atom. The van der Waals surface area contributed by atoms with Crippen LogP contribution in [0.25, 0.3) is 5.69 Å². The maximum atomic E-state index is 12.2. The Morgan fingerprint density at radius 2 is 2.17 bits per heavy atom. The predicted molar refractivity (Wildman–Crippen MR) is 82.5 cm³/mol. The number of nitrogens with zero attached hydrogens (tertiary/aromatic N) is 2. The van der Waals surface area contributed by atoms with Crippen LogP contribution in [0.2, 0.25) is 5.02 Å². The summed E-state index contributed by atoms with van der Waals surface area (Å²) in [5, 5.41) is 4.62. The molecule has 23 heavy (non-hydrogen) atoms. The van der Waals surface area contributed by atoms with E-state index in [-0.39, 0.29) is 12.2 Å². The first-order valence-corrected chi connectivity index (χ1v) is 7.43. The van der Waals surface area contributed by atoms with Crippen molar-refractivity contribution in [3.8, 4) is 5.69 Å². The summed E-state index contributed by atoms with van der Waals surface area (Å²) >= 11 is 6.10. The maximum absolute atomic E-state index is 12.2. The van der Waals surface area contributed by atoms with Gasteiger partial charge in [0.25, 0.3) is 0 Å². The van der Waals surface area contributed by atoms with Crippen LogP contribution in [0.4, 0.5) is 0 Å². The second kappa shape index (κ2) is 5.70. The third-order valence-electron chi connectivity index (χ3n) is 3.65. The number of ether oxygens (including phenoxy) is 2. The first kappa shape index (κ1) is 15.6. The Bertz CT molecular complexity index is 769. The highest BCUT2D eigenvalue weighted by Crippen LogP contribution is 2.31. The van der Waals surface area contributed by atoms with Crippen molar-refractivity contribution in [3.63, 3.8) is 0 Å². The number of benzene rings is 1. The van der Waals surface area contributed by atoms with Gasteiger partial charge < -0.3 is 9.47 Å². The average molecular weight is 335 g/mol. The number of carbonyl (C=O) groups is 2. The first-order chi connectivity index (χ1) is 10.9. The predicted octanol–water partition coefficient (Wildman–Crippen LogP) is 2.63. The molecule has 1 aliphatic heterocycles. The molecule has 0 spiro atoms. The van der Waals surface area contributed by atoms with Gasteiger partial charge in [0.15, 0.2) is 0 Å². The minimum atomic E-state index is -0.918. The number of esters is 2. The SMILES string of the molecule is CC1(C)COC(=O)[C@@H]1OC(=O)c1cnn(-c2ccccc2Cl)c1. The number of halogens is 1. The van der Waals surface area contributed by atoms with Gasteiger partial charge in [0.05, 0.1) is 22.5 Å². The zero-order valence-corrected chi connectivity index (χ0v) is 13.4. The van der Waals surface area contributed by atoms with Crippen LogP contribution in [0.1, 0.15) is 24.2 Å². The van der Waals surface area contributed by atoms with Gasteiger partial charge in [-0.15, -0.1) is 0 Å². The molecule has 0 radical (unpaired) electrons. The lowest BCUT2D eigenvalue weighted by atomic mass is 9.90. The van der Waals surface area contributed by atoms with Crippen LogP contribution in [-0.4, -0.2) is 34.4 Å². The molecule has 0 bridgehead atoms. The molecule has 120 valence electrons. The van der Waals surface area contributed by atoms with Crippen LogP contribution in [-0.2, 0) is 14.3 Å². The van der Waals surface area contributed by atoms with Crippen LogP contribution in [0, 0.1) is 5.41 Å². The van der Waals surface area contributed by atoms with Crippen LogP contribution in [0.15, 0.2) is 36.7 Å². The lowest BCUT2D eigenvalue weighted by molar-refractivity contribution is -0.145. The van der Waals surface area contributed by atoms with Crippen molar-refractivity contribution >= 4 is 23.5 Å². The zero-order valence-electron chi connectivity index (χ0n) is 12.7. The van der Waals surface area contributed by atoms with E-state index >= 15 is 0 Å². The molecular weight excluding hydrogens is 320 g/mol. The van der Waals surface area contributed by atoms with Crippen molar-refractivity contribution in [2.24, 2.45) is 5.41 Å². The second-order valence-corrected chi connectivity index (χ2v) is 6.41. The van der Waals surface area contributed by atoms with E-state index in [1.54, 1.807) is 18.2 Å². The molecule has 1 atom stereocenters. The normalized spacial score (nSPS) is 19.4. The van der Waals surface area contributed by atoms with Gasteiger partial charge in [-0.3, -0.25) is 0 Å². The summed E-state index contributed by atoms with van der Waals surface area (Å²) in [5.74, 6) is -1.15. The number of aromatic nitrogens is 2. The van der Waals surface area contributed by atoms with Crippen molar-refractivity contribution in [3.05, 3.63) is 47.2 Å². The summed E-state index contributed by atoms with van der Waals surface area (Å²) in [7, 11) is 0. The minimum Gasteiger partial charge on any atom is -0.462 e. The Morgan fingerprint density at radius 1 is 1.43 bits per heavy atom. The Kier molecular flexibility index (Phi) is 3.85. The molecule has 0 amide bonds. The highest BCUT2D eigenvalue weighted by molar-refractivity contribution is 6.32. The molecule has 0 aliphatic carbocycles. The van der Waals surface area contributed by atoms with Gasteiger partial charge in [0.2, 0.25) is 6.10 Å². The summed E-state index contributed by atoms with van der Waals surface area (Å²) in [5.41, 5.74) is 0.333. The molecule has 1 aliphatic rings. The maximum Gasteiger partial charge on any atom is 0.348 e. The van der Waals surface area contributed by atoms with E-state index in [0.717, 1.165) is 0 Å². The molecule has 0 saturated carbocycles. The minimum absolute atomic E-state index is 0.225. The summed E-state index contributed by atoms with van der Waals surface area (Å²) in [6.07, 6.45) is 1.97. The largest absolute Gasteiger partial charge is 0.462 e. The highest BCUT2D eigenvalue weighted by Gasteiger charge is 2.46. The van der Waals surface area contributed by atoms with E-state index in [1.807, 2.05) is 19.9 Å². The molecule has 1 aromatic heterocycles. The van der Waals surface area contributed by atoms with Gasteiger partial charge >= 0.3 is 11.9 Å². The molecule has 1 saturated heterocycles. The Labute approximate surface area is 137 Å². The number of rotatable bonds is 3. The second-order valence-electron chi connectivity index (χ2n) is 6.01. The number of hydrogen-bond acceptors (Lipinski definition) is 5. The monoisotopic (exact) mass is 334 g/mol.